The molecule has 0 aliphatic carbocycles. The third kappa shape index (κ3) is 4.54. The molecule has 2 rings (SSSR count). The lowest BCUT2D eigenvalue weighted by Crippen LogP contribution is -2.52. The fourth-order valence-corrected chi connectivity index (χ4v) is 2.95. The summed E-state index contributed by atoms with van der Waals surface area (Å²) in [6, 6.07) is 4.35. The average molecular weight is 294 g/mol. The summed E-state index contributed by atoms with van der Waals surface area (Å²) in [6.07, 6.45) is 2.71. The summed E-state index contributed by atoms with van der Waals surface area (Å²) in [5.41, 5.74) is 6.35. The van der Waals surface area contributed by atoms with Crippen LogP contribution in [0.4, 0.5) is 0 Å². The molecule has 0 bridgehead atoms. The highest BCUT2D eigenvalue weighted by molar-refractivity contribution is 5.08. The Morgan fingerprint density at radius 3 is 2.52 bits per heavy atom. The highest BCUT2D eigenvalue weighted by Crippen LogP contribution is 2.26. The molecule has 0 amide bonds. The minimum atomic E-state index is 0.129. The van der Waals surface area contributed by atoms with E-state index < -0.39 is 0 Å². The van der Waals surface area contributed by atoms with Crippen molar-refractivity contribution in [2.75, 3.05) is 53.4 Å². The highest BCUT2D eigenvalue weighted by Gasteiger charge is 2.30. The molecule has 1 aromatic heterocycles. The maximum Gasteiger partial charge on any atom is 0.122 e. The Morgan fingerprint density at radius 1 is 1.29 bits per heavy atom. The third-order valence-corrected chi connectivity index (χ3v) is 4.38. The van der Waals surface area contributed by atoms with E-state index in [0.717, 1.165) is 51.4 Å². The first kappa shape index (κ1) is 16.5. The Bertz CT molecular complexity index is 385. The summed E-state index contributed by atoms with van der Waals surface area (Å²) in [5.74, 6) is 1.01. The lowest BCUT2D eigenvalue weighted by Gasteiger charge is -2.40. The number of likely N-dealkylation sites (N-methyl/N-ethyl adjacent to an activating group) is 1. The van der Waals surface area contributed by atoms with Crippen LogP contribution in [0, 0.1) is 0 Å². The topological polar surface area (TPSA) is 48.9 Å². The number of nitrogens with two attached hydrogens (primary N) is 1. The molecule has 5 heteroatoms. The molecule has 1 aliphatic heterocycles. The summed E-state index contributed by atoms with van der Waals surface area (Å²) in [6.45, 7) is 8.76. The molecule has 5 nitrogen and oxygen atoms in total. The van der Waals surface area contributed by atoms with E-state index in [2.05, 4.69) is 41.8 Å². The number of hydrogen-bond donors (Lipinski definition) is 1. The summed E-state index contributed by atoms with van der Waals surface area (Å²) >= 11 is 0. The zero-order chi connectivity index (χ0) is 15.2. The quantitative estimate of drug-likeness (QED) is 0.820. The van der Waals surface area contributed by atoms with Crippen LogP contribution in [0.2, 0.25) is 0 Å². The predicted octanol–water partition coefficient (Wildman–Crippen LogP) is 1.24. The van der Waals surface area contributed by atoms with Crippen LogP contribution in [0.5, 0.6) is 0 Å². The smallest absolute Gasteiger partial charge is 0.122 e. The van der Waals surface area contributed by atoms with Gasteiger partial charge in [-0.15, -0.1) is 0 Å². The van der Waals surface area contributed by atoms with Crippen LogP contribution < -0.4 is 5.73 Å². The molecule has 2 atom stereocenters. The zero-order valence-corrected chi connectivity index (χ0v) is 13.7. The SMILES string of the molecule is CCC(N)C(c1ccco1)N1CCN(CCN(C)C)CC1. The molecule has 1 saturated heterocycles. The van der Waals surface area contributed by atoms with Crippen molar-refractivity contribution in [2.24, 2.45) is 5.73 Å². The second-order valence-electron chi connectivity index (χ2n) is 6.21. The molecule has 1 aliphatic rings. The first-order valence-corrected chi connectivity index (χ1v) is 8.02. The third-order valence-electron chi connectivity index (χ3n) is 4.38. The number of piperazine rings is 1. The first-order chi connectivity index (χ1) is 10.1. The largest absolute Gasteiger partial charge is 0.468 e. The lowest BCUT2D eigenvalue weighted by atomic mass is 10.0. The van der Waals surface area contributed by atoms with Crippen LogP contribution in [-0.2, 0) is 0 Å². The van der Waals surface area contributed by atoms with Crippen molar-refractivity contribution in [3.63, 3.8) is 0 Å². The molecule has 1 aromatic rings. The fourth-order valence-electron chi connectivity index (χ4n) is 2.95. The second-order valence-corrected chi connectivity index (χ2v) is 6.21. The van der Waals surface area contributed by atoms with Crippen molar-refractivity contribution in [3.05, 3.63) is 24.2 Å². The van der Waals surface area contributed by atoms with Gasteiger partial charge in [-0.1, -0.05) is 6.92 Å². The van der Waals surface area contributed by atoms with Crippen molar-refractivity contribution in [1.82, 2.24) is 14.7 Å². The second kappa shape index (κ2) is 7.94. The van der Waals surface area contributed by atoms with Crippen molar-refractivity contribution in [3.8, 4) is 0 Å². The van der Waals surface area contributed by atoms with Gasteiger partial charge in [-0.05, 0) is 32.6 Å². The first-order valence-electron chi connectivity index (χ1n) is 8.02. The Kier molecular flexibility index (Phi) is 6.23. The van der Waals surface area contributed by atoms with E-state index in [1.807, 2.05) is 6.07 Å². The summed E-state index contributed by atoms with van der Waals surface area (Å²) in [5, 5.41) is 0. The molecule has 0 spiro atoms. The number of hydrogen-bond acceptors (Lipinski definition) is 5. The van der Waals surface area contributed by atoms with E-state index >= 15 is 0 Å². The zero-order valence-electron chi connectivity index (χ0n) is 13.7. The molecule has 0 radical (unpaired) electrons. The molecular weight excluding hydrogens is 264 g/mol. The fraction of sp³-hybridized carbons (Fsp3) is 0.750. The molecule has 2 unspecified atom stereocenters. The van der Waals surface area contributed by atoms with Crippen molar-refractivity contribution < 1.29 is 4.42 Å². The maximum absolute atomic E-state index is 6.35. The van der Waals surface area contributed by atoms with E-state index in [1.165, 1.54) is 0 Å². The van der Waals surface area contributed by atoms with Gasteiger partial charge in [0.1, 0.15) is 5.76 Å². The number of rotatable bonds is 7. The molecule has 2 N–H and O–H groups in total. The minimum Gasteiger partial charge on any atom is -0.468 e. The van der Waals surface area contributed by atoms with Gasteiger partial charge in [0.2, 0.25) is 0 Å². The lowest BCUT2D eigenvalue weighted by molar-refractivity contribution is 0.0707. The summed E-state index contributed by atoms with van der Waals surface area (Å²) in [4.78, 5) is 7.26. The van der Waals surface area contributed by atoms with E-state index in [0.29, 0.717) is 0 Å². The van der Waals surface area contributed by atoms with E-state index in [4.69, 9.17) is 10.2 Å². The van der Waals surface area contributed by atoms with Crippen LogP contribution in [0.3, 0.4) is 0 Å². The van der Waals surface area contributed by atoms with E-state index in [1.54, 1.807) is 6.26 Å². The van der Waals surface area contributed by atoms with Gasteiger partial charge >= 0.3 is 0 Å². The molecule has 1 fully saturated rings. The Hall–Kier alpha value is -0.880. The van der Waals surface area contributed by atoms with Crippen molar-refractivity contribution in [2.45, 2.75) is 25.4 Å². The molecule has 0 saturated carbocycles. The molecule has 0 aromatic carbocycles. The molecule has 120 valence electrons. The van der Waals surface area contributed by atoms with Crippen molar-refractivity contribution in [1.29, 1.82) is 0 Å². The molecular formula is C16H30N4O. The van der Waals surface area contributed by atoms with Crippen LogP contribution in [0.15, 0.2) is 22.8 Å². The van der Waals surface area contributed by atoms with E-state index in [-0.39, 0.29) is 12.1 Å². The van der Waals surface area contributed by atoms with Gasteiger partial charge < -0.3 is 15.1 Å². The van der Waals surface area contributed by atoms with Crippen molar-refractivity contribution >= 4 is 0 Å². The van der Waals surface area contributed by atoms with E-state index in [9.17, 15) is 0 Å². The minimum absolute atomic E-state index is 0.129. The molecule has 21 heavy (non-hydrogen) atoms. The summed E-state index contributed by atoms with van der Waals surface area (Å²) < 4.78 is 5.64. The van der Waals surface area contributed by atoms with Gasteiger partial charge in [-0.25, -0.2) is 0 Å². The van der Waals surface area contributed by atoms with Gasteiger partial charge in [0.25, 0.3) is 0 Å². The van der Waals surface area contributed by atoms with Crippen LogP contribution in [0.25, 0.3) is 0 Å². The number of furan rings is 1. The monoisotopic (exact) mass is 294 g/mol. The average Bonchev–Trinajstić information content (AvgIpc) is 3.00. The predicted molar refractivity (Wildman–Crippen MR) is 86.3 cm³/mol. The number of nitrogens with zero attached hydrogens (tertiary/aromatic N) is 3. The van der Waals surface area contributed by atoms with Crippen LogP contribution in [-0.4, -0.2) is 74.1 Å². The molecule has 2 heterocycles. The Balaban J connectivity index is 1.92. The summed E-state index contributed by atoms with van der Waals surface area (Å²) in [7, 11) is 4.26. The van der Waals surface area contributed by atoms with Gasteiger partial charge in [-0.2, -0.15) is 0 Å². The standard InChI is InChI=1S/C16H30N4O/c1-4-14(17)16(15-6-5-13-21-15)20-11-9-19(10-12-20)8-7-18(2)3/h5-6,13-14,16H,4,7-12,17H2,1-3H3. The van der Waals surface area contributed by atoms with Gasteiger partial charge in [0, 0.05) is 45.3 Å². The van der Waals surface area contributed by atoms with Crippen LogP contribution in [0.1, 0.15) is 25.1 Å². The Morgan fingerprint density at radius 2 is 2.00 bits per heavy atom. The van der Waals surface area contributed by atoms with Gasteiger partial charge in [0.15, 0.2) is 0 Å². The normalized spacial score (nSPS) is 20.8. The Labute approximate surface area is 128 Å². The highest BCUT2D eigenvalue weighted by atomic mass is 16.3. The van der Waals surface area contributed by atoms with Gasteiger partial charge in [-0.3, -0.25) is 9.80 Å². The van der Waals surface area contributed by atoms with Crippen LogP contribution >= 0.6 is 0 Å². The maximum atomic E-state index is 6.35. The van der Waals surface area contributed by atoms with Gasteiger partial charge in [0.05, 0.1) is 12.3 Å².